The highest BCUT2D eigenvalue weighted by Gasteiger charge is 2.24. The molecule has 0 aromatic carbocycles. The Morgan fingerprint density at radius 2 is 1.87 bits per heavy atom. The fourth-order valence-electron chi connectivity index (χ4n) is 2.69. The van der Waals surface area contributed by atoms with Crippen LogP contribution in [-0.2, 0) is 14.2 Å². The smallest absolute Gasteiger partial charge is 0.407 e. The normalized spacial score (nSPS) is 23.3. The molecule has 0 aromatic heterocycles. The van der Waals surface area contributed by atoms with Crippen LogP contribution in [0.3, 0.4) is 0 Å². The van der Waals surface area contributed by atoms with Gasteiger partial charge in [0.25, 0.3) is 0 Å². The van der Waals surface area contributed by atoms with E-state index in [1.54, 1.807) is 7.11 Å². The van der Waals surface area contributed by atoms with E-state index in [4.69, 9.17) is 14.2 Å². The third-order valence-electron chi connectivity index (χ3n) is 3.76. The van der Waals surface area contributed by atoms with Crippen molar-refractivity contribution in [2.24, 2.45) is 0 Å². The van der Waals surface area contributed by atoms with Gasteiger partial charge in [-0.15, -0.1) is 0 Å². The third kappa shape index (κ3) is 9.79. The number of hydrogen-bond donors (Lipinski definition) is 2. The van der Waals surface area contributed by atoms with E-state index in [1.165, 1.54) is 0 Å². The van der Waals surface area contributed by atoms with Crippen molar-refractivity contribution in [3.8, 4) is 0 Å². The molecule has 6 heteroatoms. The zero-order valence-electron chi connectivity index (χ0n) is 15.3. The molecule has 136 valence electrons. The maximum Gasteiger partial charge on any atom is 0.407 e. The van der Waals surface area contributed by atoms with Gasteiger partial charge in [-0.05, 0) is 53.4 Å². The first kappa shape index (κ1) is 20.2. The van der Waals surface area contributed by atoms with Gasteiger partial charge in [0.1, 0.15) is 5.60 Å². The average Bonchev–Trinajstić information content (AvgIpc) is 2.43. The van der Waals surface area contributed by atoms with Gasteiger partial charge in [-0.25, -0.2) is 4.79 Å². The number of carbonyl (C=O) groups is 1. The number of carbonyl (C=O) groups excluding carboxylic acids is 1. The molecule has 1 atom stereocenters. The molecule has 1 saturated carbocycles. The second kappa shape index (κ2) is 10.1. The molecule has 1 rings (SSSR count). The van der Waals surface area contributed by atoms with Gasteiger partial charge in [0.2, 0.25) is 0 Å². The standard InChI is InChI=1S/C17H34N2O4/c1-13(12-21-5)18-10-11-22-15-8-6-14(7-9-15)19-16(20)23-17(2,3)4/h13-15,18H,6-12H2,1-5H3,(H,19,20). The maximum atomic E-state index is 11.8. The monoisotopic (exact) mass is 330 g/mol. The summed E-state index contributed by atoms with van der Waals surface area (Å²) in [5, 5.41) is 6.31. The van der Waals surface area contributed by atoms with Crippen molar-refractivity contribution in [1.29, 1.82) is 0 Å². The number of methoxy groups -OCH3 is 1. The fraction of sp³-hybridized carbons (Fsp3) is 0.941. The second-order valence-corrected chi connectivity index (χ2v) is 7.30. The lowest BCUT2D eigenvalue weighted by Crippen LogP contribution is -2.42. The first-order valence-corrected chi connectivity index (χ1v) is 8.63. The van der Waals surface area contributed by atoms with E-state index < -0.39 is 5.60 Å². The highest BCUT2D eigenvalue weighted by molar-refractivity contribution is 5.68. The number of nitrogens with one attached hydrogen (secondary N) is 2. The van der Waals surface area contributed by atoms with E-state index in [0.29, 0.717) is 25.4 Å². The van der Waals surface area contributed by atoms with Crippen LogP contribution in [0.2, 0.25) is 0 Å². The second-order valence-electron chi connectivity index (χ2n) is 7.30. The van der Waals surface area contributed by atoms with Crippen LogP contribution in [0.5, 0.6) is 0 Å². The first-order valence-electron chi connectivity index (χ1n) is 8.63. The van der Waals surface area contributed by atoms with E-state index in [1.807, 2.05) is 20.8 Å². The number of hydrogen-bond acceptors (Lipinski definition) is 5. The molecule has 0 saturated heterocycles. The van der Waals surface area contributed by atoms with Crippen molar-refractivity contribution in [3.63, 3.8) is 0 Å². The van der Waals surface area contributed by atoms with Crippen molar-refractivity contribution in [2.45, 2.75) is 77.2 Å². The molecule has 0 spiro atoms. The summed E-state index contributed by atoms with van der Waals surface area (Å²) >= 11 is 0. The van der Waals surface area contributed by atoms with E-state index in [0.717, 1.165) is 32.2 Å². The van der Waals surface area contributed by atoms with Crippen LogP contribution in [0.4, 0.5) is 4.79 Å². The van der Waals surface area contributed by atoms with E-state index in [-0.39, 0.29) is 12.1 Å². The van der Waals surface area contributed by atoms with Gasteiger partial charge in [0.05, 0.1) is 19.3 Å². The quantitative estimate of drug-likeness (QED) is 0.669. The minimum absolute atomic E-state index is 0.199. The van der Waals surface area contributed by atoms with Crippen molar-refractivity contribution in [1.82, 2.24) is 10.6 Å². The molecule has 1 fully saturated rings. The molecule has 0 heterocycles. The number of alkyl carbamates (subject to hydrolysis) is 1. The fourth-order valence-corrected chi connectivity index (χ4v) is 2.69. The predicted molar refractivity (Wildman–Crippen MR) is 90.7 cm³/mol. The highest BCUT2D eigenvalue weighted by Crippen LogP contribution is 2.21. The van der Waals surface area contributed by atoms with E-state index in [2.05, 4.69) is 17.6 Å². The van der Waals surface area contributed by atoms with Crippen molar-refractivity contribution in [2.75, 3.05) is 26.9 Å². The first-order chi connectivity index (χ1) is 10.8. The molecule has 2 N–H and O–H groups in total. The van der Waals surface area contributed by atoms with E-state index in [9.17, 15) is 4.79 Å². The molecule has 1 amide bonds. The lowest BCUT2D eigenvalue weighted by molar-refractivity contribution is 0.0181. The number of amides is 1. The van der Waals surface area contributed by atoms with Crippen LogP contribution in [0.1, 0.15) is 53.4 Å². The minimum atomic E-state index is -0.447. The summed E-state index contributed by atoms with van der Waals surface area (Å²) in [6, 6.07) is 0.543. The Bertz CT molecular complexity index is 336. The molecule has 0 aliphatic heterocycles. The summed E-state index contributed by atoms with van der Waals surface area (Å²) in [7, 11) is 1.71. The molecule has 1 aliphatic carbocycles. The van der Waals surface area contributed by atoms with Gasteiger partial charge in [-0.3, -0.25) is 0 Å². The summed E-state index contributed by atoms with van der Waals surface area (Å²) in [6.07, 6.45) is 3.82. The Morgan fingerprint density at radius 3 is 2.43 bits per heavy atom. The number of ether oxygens (including phenoxy) is 3. The largest absolute Gasteiger partial charge is 0.444 e. The van der Waals surface area contributed by atoms with Gasteiger partial charge in [-0.2, -0.15) is 0 Å². The van der Waals surface area contributed by atoms with Crippen LogP contribution in [0.25, 0.3) is 0 Å². The summed E-state index contributed by atoms with van der Waals surface area (Å²) in [5.41, 5.74) is -0.447. The van der Waals surface area contributed by atoms with Gasteiger partial charge in [-0.1, -0.05) is 0 Å². The van der Waals surface area contributed by atoms with Crippen LogP contribution >= 0.6 is 0 Å². The molecule has 0 aromatic rings. The summed E-state index contributed by atoms with van der Waals surface area (Å²) < 4.78 is 16.3. The molecule has 1 aliphatic rings. The van der Waals surface area contributed by atoms with Crippen molar-refractivity contribution in [3.05, 3.63) is 0 Å². The Labute approximate surface area is 140 Å². The highest BCUT2D eigenvalue weighted by atomic mass is 16.6. The Balaban J connectivity index is 2.10. The summed E-state index contributed by atoms with van der Waals surface area (Å²) in [6.45, 7) is 9.97. The SMILES string of the molecule is COCC(C)NCCOC1CCC(NC(=O)OC(C)(C)C)CC1. The van der Waals surface area contributed by atoms with Gasteiger partial charge >= 0.3 is 6.09 Å². The molecular formula is C17H34N2O4. The van der Waals surface area contributed by atoms with Crippen molar-refractivity contribution < 1.29 is 19.0 Å². The lowest BCUT2D eigenvalue weighted by Gasteiger charge is -2.30. The topological polar surface area (TPSA) is 68.8 Å². The van der Waals surface area contributed by atoms with Crippen LogP contribution < -0.4 is 10.6 Å². The summed E-state index contributed by atoms with van der Waals surface area (Å²) in [4.78, 5) is 11.8. The Kier molecular flexibility index (Phi) is 8.87. The minimum Gasteiger partial charge on any atom is -0.444 e. The van der Waals surface area contributed by atoms with Crippen LogP contribution in [-0.4, -0.2) is 56.8 Å². The lowest BCUT2D eigenvalue weighted by atomic mass is 9.93. The van der Waals surface area contributed by atoms with E-state index >= 15 is 0 Å². The molecule has 1 unspecified atom stereocenters. The molecule has 23 heavy (non-hydrogen) atoms. The van der Waals surface area contributed by atoms with Crippen molar-refractivity contribution >= 4 is 6.09 Å². The number of rotatable bonds is 8. The molecule has 6 nitrogen and oxygen atoms in total. The Hall–Kier alpha value is -0.850. The third-order valence-corrected chi connectivity index (χ3v) is 3.76. The average molecular weight is 330 g/mol. The molecular weight excluding hydrogens is 296 g/mol. The predicted octanol–water partition coefficient (Wildman–Crippen LogP) is 2.46. The maximum absolute atomic E-state index is 11.8. The zero-order valence-corrected chi connectivity index (χ0v) is 15.3. The van der Waals surface area contributed by atoms with Gasteiger partial charge in [0.15, 0.2) is 0 Å². The molecule has 0 bridgehead atoms. The molecule has 0 radical (unpaired) electrons. The Morgan fingerprint density at radius 1 is 1.22 bits per heavy atom. The van der Waals surface area contributed by atoms with Crippen LogP contribution in [0.15, 0.2) is 0 Å². The van der Waals surface area contributed by atoms with Crippen LogP contribution in [0, 0.1) is 0 Å². The van der Waals surface area contributed by atoms with Gasteiger partial charge in [0, 0.05) is 25.7 Å². The summed E-state index contributed by atoms with van der Waals surface area (Å²) in [5.74, 6) is 0. The van der Waals surface area contributed by atoms with Gasteiger partial charge < -0.3 is 24.8 Å². The zero-order chi connectivity index (χ0) is 17.3.